The second kappa shape index (κ2) is 9.02. The molecule has 0 radical (unpaired) electrons. The molecule has 0 amide bonds. The number of ether oxygens (including phenoxy) is 1. The fourth-order valence-corrected chi connectivity index (χ4v) is 4.07. The zero-order valence-corrected chi connectivity index (χ0v) is 18.0. The number of aryl methyl sites for hydroxylation is 1. The summed E-state index contributed by atoms with van der Waals surface area (Å²) in [7, 11) is 1.86. The molecule has 0 aliphatic heterocycles. The number of aromatic nitrogens is 3. The molecule has 6 nitrogen and oxygen atoms in total. The number of carbonyl (C=O) groups excluding carboxylic acids is 1. The fourth-order valence-electron chi connectivity index (χ4n) is 3.25. The van der Waals surface area contributed by atoms with E-state index in [0.29, 0.717) is 22.1 Å². The van der Waals surface area contributed by atoms with E-state index in [1.165, 1.54) is 17.1 Å². The Kier molecular flexibility index (Phi) is 6.01. The van der Waals surface area contributed by atoms with Crippen LogP contribution in [0.15, 0.2) is 65.8 Å². The van der Waals surface area contributed by atoms with E-state index >= 15 is 0 Å². The van der Waals surface area contributed by atoms with Crippen molar-refractivity contribution in [1.29, 1.82) is 5.26 Å². The largest absolute Gasteiger partial charge is 0.485 e. The second-order valence-electron chi connectivity index (χ2n) is 7.06. The van der Waals surface area contributed by atoms with Crippen molar-refractivity contribution >= 4 is 28.3 Å². The van der Waals surface area contributed by atoms with Gasteiger partial charge in [-0.2, -0.15) is 5.26 Å². The number of rotatable bonds is 7. The minimum absolute atomic E-state index is 0.0259. The third-order valence-corrected chi connectivity index (χ3v) is 6.12. The summed E-state index contributed by atoms with van der Waals surface area (Å²) in [6.45, 7) is 2.33. The standard InChI is InChI=1S/C24H20N4O2S/c1-16-20-6-4-3-5-18(20)11-12-22(16)30-14-23-26-27-24(28(23)2)31-15-21(29)19-9-7-17(13-25)8-10-19/h3-12H,14-15H2,1-2H3. The summed E-state index contributed by atoms with van der Waals surface area (Å²) in [5.41, 5.74) is 2.19. The third kappa shape index (κ3) is 4.44. The van der Waals surface area contributed by atoms with E-state index in [0.717, 1.165) is 16.7 Å². The average Bonchev–Trinajstić information content (AvgIpc) is 3.16. The number of hydrogen-bond donors (Lipinski definition) is 0. The van der Waals surface area contributed by atoms with Crippen molar-refractivity contribution in [2.45, 2.75) is 18.7 Å². The highest BCUT2D eigenvalue weighted by Gasteiger charge is 2.14. The lowest BCUT2D eigenvalue weighted by Crippen LogP contribution is -2.06. The van der Waals surface area contributed by atoms with Crippen LogP contribution < -0.4 is 4.74 Å². The molecule has 4 rings (SSSR count). The Labute approximate surface area is 184 Å². The number of thioether (sulfide) groups is 1. The lowest BCUT2D eigenvalue weighted by Gasteiger charge is -2.11. The summed E-state index contributed by atoms with van der Waals surface area (Å²) < 4.78 is 7.86. The van der Waals surface area contributed by atoms with Gasteiger partial charge in [-0.1, -0.05) is 54.2 Å². The Morgan fingerprint density at radius 2 is 1.87 bits per heavy atom. The van der Waals surface area contributed by atoms with Gasteiger partial charge in [0.05, 0.1) is 17.4 Å². The number of benzene rings is 3. The van der Waals surface area contributed by atoms with E-state index in [9.17, 15) is 4.79 Å². The van der Waals surface area contributed by atoms with Gasteiger partial charge < -0.3 is 9.30 Å². The molecule has 0 bridgehead atoms. The van der Waals surface area contributed by atoms with Crippen LogP contribution in [-0.4, -0.2) is 26.3 Å². The normalized spacial score (nSPS) is 10.7. The van der Waals surface area contributed by atoms with Crippen LogP contribution in [0.1, 0.15) is 27.3 Å². The zero-order chi connectivity index (χ0) is 21.8. The molecule has 0 aliphatic carbocycles. The van der Waals surface area contributed by atoms with Crippen molar-refractivity contribution in [3.8, 4) is 11.8 Å². The molecule has 0 aliphatic rings. The lowest BCUT2D eigenvalue weighted by molar-refractivity contribution is 0.102. The summed E-state index contributed by atoms with van der Waals surface area (Å²) in [6.07, 6.45) is 0. The second-order valence-corrected chi connectivity index (χ2v) is 8.00. The van der Waals surface area contributed by atoms with Crippen LogP contribution in [0.5, 0.6) is 5.75 Å². The molecule has 31 heavy (non-hydrogen) atoms. The molecule has 1 heterocycles. The summed E-state index contributed by atoms with van der Waals surface area (Å²) in [5.74, 6) is 1.71. The SMILES string of the molecule is Cc1c(OCc2nnc(SCC(=O)c3ccc(C#N)cc3)n2C)ccc2ccccc12. The van der Waals surface area contributed by atoms with Gasteiger partial charge in [0.1, 0.15) is 12.4 Å². The van der Waals surface area contributed by atoms with Crippen LogP contribution in [0.25, 0.3) is 10.8 Å². The highest BCUT2D eigenvalue weighted by Crippen LogP contribution is 2.28. The number of fused-ring (bicyclic) bond motifs is 1. The van der Waals surface area contributed by atoms with Gasteiger partial charge in [-0.25, -0.2) is 0 Å². The maximum atomic E-state index is 12.4. The Hall–Kier alpha value is -3.63. The van der Waals surface area contributed by atoms with E-state index in [4.69, 9.17) is 10.00 Å². The van der Waals surface area contributed by atoms with Gasteiger partial charge in [0.2, 0.25) is 0 Å². The first-order valence-electron chi connectivity index (χ1n) is 9.72. The molecular formula is C24H20N4O2S. The van der Waals surface area contributed by atoms with Gasteiger partial charge in [-0.3, -0.25) is 4.79 Å². The Morgan fingerprint density at radius 1 is 1.10 bits per heavy atom. The Balaban J connectivity index is 1.40. The molecule has 0 saturated carbocycles. The number of carbonyl (C=O) groups is 1. The predicted molar refractivity (Wildman–Crippen MR) is 120 cm³/mol. The Morgan fingerprint density at radius 3 is 2.65 bits per heavy atom. The molecule has 0 N–H and O–H groups in total. The van der Waals surface area contributed by atoms with Crippen LogP contribution in [0.4, 0.5) is 0 Å². The fraction of sp³-hybridized carbons (Fsp3) is 0.167. The Bertz CT molecular complexity index is 1290. The number of Topliss-reactive ketones (excluding diaryl/α,β-unsaturated/α-hetero) is 1. The quantitative estimate of drug-likeness (QED) is 0.313. The molecule has 7 heteroatoms. The van der Waals surface area contributed by atoms with Crippen LogP contribution >= 0.6 is 11.8 Å². The molecule has 1 aromatic heterocycles. The van der Waals surface area contributed by atoms with E-state index < -0.39 is 0 Å². The summed E-state index contributed by atoms with van der Waals surface area (Å²) in [5, 5.41) is 20.3. The smallest absolute Gasteiger partial charge is 0.191 e. The van der Waals surface area contributed by atoms with Crippen molar-refractivity contribution in [2.24, 2.45) is 7.05 Å². The van der Waals surface area contributed by atoms with Crippen LogP contribution in [-0.2, 0) is 13.7 Å². The summed E-state index contributed by atoms with van der Waals surface area (Å²) in [6, 6.07) is 20.9. The van der Waals surface area contributed by atoms with Crippen molar-refractivity contribution in [1.82, 2.24) is 14.8 Å². The zero-order valence-electron chi connectivity index (χ0n) is 17.2. The summed E-state index contributed by atoms with van der Waals surface area (Å²) in [4.78, 5) is 12.4. The lowest BCUT2D eigenvalue weighted by atomic mass is 10.0. The maximum absolute atomic E-state index is 12.4. The van der Waals surface area contributed by atoms with E-state index in [1.54, 1.807) is 24.3 Å². The molecule has 0 atom stereocenters. The molecule has 3 aromatic carbocycles. The first kappa shape index (κ1) is 20.6. The van der Waals surface area contributed by atoms with Crippen molar-refractivity contribution < 1.29 is 9.53 Å². The van der Waals surface area contributed by atoms with Gasteiger partial charge in [0.25, 0.3) is 0 Å². The maximum Gasteiger partial charge on any atom is 0.191 e. The van der Waals surface area contributed by atoms with E-state index in [-0.39, 0.29) is 18.1 Å². The van der Waals surface area contributed by atoms with Crippen molar-refractivity contribution in [2.75, 3.05) is 5.75 Å². The van der Waals surface area contributed by atoms with E-state index in [1.807, 2.05) is 48.9 Å². The van der Waals surface area contributed by atoms with Gasteiger partial charge in [-0.15, -0.1) is 10.2 Å². The number of nitrogens with zero attached hydrogens (tertiary/aromatic N) is 4. The highest BCUT2D eigenvalue weighted by molar-refractivity contribution is 7.99. The minimum Gasteiger partial charge on any atom is -0.485 e. The van der Waals surface area contributed by atoms with E-state index in [2.05, 4.69) is 22.3 Å². The highest BCUT2D eigenvalue weighted by atomic mass is 32.2. The van der Waals surface area contributed by atoms with Crippen LogP contribution in [0.2, 0.25) is 0 Å². The van der Waals surface area contributed by atoms with Crippen molar-refractivity contribution in [3.63, 3.8) is 0 Å². The average molecular weight is 429 g/mol. The first-order chi connectivity index (χ1) is 15.1. The van der Waals surface area contributed by atoms with Crippen LogP contribution in [0, 0.1) is 18.3 Å². The first-order valence-corrected chi connectivity index (χ1v) is 10.7. The molecule has 0 saturated heterocycles. The number of nitriles is 1. The molecule has 154 valence electrons. The van der Waals surface area contributed by atoms with Gasteiger partial charge in [0, 0.05) is 12.6 Å². The van der Waals surface area contributed by atoms with Crippen LogP contribution in [0.3, 0.4) is 0 Å². The van der Waals surface area contributed by atoms with Gasteiger partial charge in [0.15, 0.2) is 16.8 Å². The van der Waals surface area contributed by atoms with Crippen molar-refractivity contribution in [3.05, 3.63) is 83.2 Å². The minimum atomic E-state index is -0.0259. The molecule has 0 spiro atoms. The predicted octanol–water partition coefficient (Wildman–Crippen LogP) is 4.70. The molecule has 4 aromatic rings. The third-order valence-electron chi connectivity index (χ3n) is 5.10. The molecular weight excluding hydrogens is 408 g/mol. The van der Waals surface area contributed by atoms with Gasteiger partial charge in [-0.05, 0) is 41.5 Å². The molecule has 0 fully saturated rings. The topological polar surface area (TPSA) is 80.8 Å². The number of ketones is 1. The molecule has 0 unspecified atom stereocenters. The number of hydrogen-bond acceptors (Lipinski definition) is 6. The summed E-state index contributed by atoms with van der Waals surface area (Å²) >= 11 is 1.33. The monoisotopic (exact) mass is 428 g/mol. The van der Waals surface area contributed by atoms with Gasteiger partial charge >= 0.3 is 0 Å².